The maximum absolute atomic E-state index is 12.6. The Morgan fingerprint density at radius 2 is 2.00 bits per heavy atom. The van der Waals surface area contributed by atoms with Crippen LogP contribution < -0.4 is 15.6 Å². The van der Waals surface area contributed by atoms with E-state index in [0.29, 0.717) is 15.7 Å². The van der Waals surface area contributed by atoms with E-state index >= 15 is 0 Å². The number of hydrogen-bond acceptors (Lipinski definition) is 10. The van der Waals surface area contributed by atoms with E-state index in [1.165, 1.54) is 43.6 Å². The fraction of sp³-hybridized carbons (Fsp3) is 0.0500. The minimum atomic E-state index is -4.10. The normalized spacial score (nSPS) is 11.5. The lowest BCUT2D eigenvalue weighted by Gasteiger charge is -2.12. The van der Waals surface area contributed by atoms with Crippen molar-refractivity contribution in [1.29, 1.82) is 0 Å². The Morgan fingerprint density at radius 3 is 2.66 bits per heavy atom. The van der Waals surface area contributed by atoms with Crippen LogP contribution in [0.1, 0.15) is 0 Å². The zero-order chi connectivity index (χ0) is 25.2. The Hall–Kier alpha value is -3.14. The molecule has 0 spiro atoms. The van der Waals surface area contributed by atoms with Gasteiger partial charge in [-0.15, -0.1) is 11.3 Å². The quantitative estimate of drug-likeness (QED) is 0.175. The Balaban J connectivity index is 1.55. The molecule has 1 aromatic carbocycles. The summed E-state index contributed by atoms with van der Waals surface area (Å²) < 4.78 is 32.3. The largest absolute Gasteiger partial charge is 0.494 e. The Morgan fingerprint density at radius 1 is 1.20 bits per heavy atom. The van der Waals surface area contributed by atoms with Gasteiger partial charge in [0, 0.05) is 16.3 Å². The third kappa shape index (κ3) is 5.58. The minimum absolute atomic E-state index is 0.0763. The lowest BCUT2D eigenvalue weighted by atomic mass is 10.1. The second kappa shape index (κ2) is 10.2. The van der Waals surface area contributed by atoms with Gasteiger partial charge < -0.3 is 10.4 Å². The number of urea groups is 1. The van der Waals surface area contributed by atoms with Crippen molar-refractivity contribution < 1.29 is 27.5 Å². The van der Waals surface area contributed by atoms with Crippen LogP contribution in [0.25, 0.3) is 16.6 Å². The van der Waals surface area contributed by atoms with Crippen molar-refractivity contribution in [3.05, 3.63) is 69.4 Å². The number of rotatable bonds is 7. The van der Waals surface area contributed by atoms with Gasteiger partial charge in [0.05, 0.1) is 35.4 Å². The summed E-state index contributed by atoms with van der Waals surface area (Å²) in [5, 5.41) is 14.0. The number of hydrogen-bond donors (Lipinski definition) is 3. The fourth-order valence-electron chi connectivity index (χ4n) is 2.99. The number of benzene rings is 1. The van der Waals surface area contributed by atoms with E-state index < -0.39 is 21.6 Å². The number of fused-ring (bicyclic) bond motifs is 1. The first-order valence-corrected chi connectivity index (χ1v) is 12.9. The SMILES string of the molecule is COOSc1ccc2cc(=O)n(-c3ccc(NC(=O)NS(=O)(=O)c4ccc(Cl)s4)cn3)c(O)c2c1. The Labute approximate surface area is 211 Å². The van der Waals surface area contributed by atoms with Gasteiger partial charge in [-0.3, -0.25) is 4.79 Å². The standard InChI is InChI=1S/C20H15ClN4O7S3/c1-31-32-34-13-4-2-11-8-17(26)25(19(27)14(11)9-13)16-6-3-12(10-22-16)23-20(28)24-35(29,30)18-7-5-15(21)33-18/h2-10,27H,1H3,(H2,23,24,28). The first kappa shape index (κ1) is 25.0. The van der Waals surface area contributed by atoms with Gasteiger partial charge in [-0.1, -0.05) is 17.7 Å². The van der Waals surface area contributed by atoms with Crippen molar-refractivity contribution >= 4 is 67.5 Å². The average molecular weight is 555 g/mol. The van der Waals surface area contributed by atoms with Crippen molar-refractivity contribution in [2.24, 2.45) is 0 Å². The van der Waals surface area contributed by atoms with Gasteiger partial charge in [-0.2, -0.15) is 4.33 Å². The third-order valence-electron chi connectivity index (χ3n) is 4.45. The number of aromatic nitrogens is 2. The third-order valence-corrected chi connectivity index (χ3v) is 8.15. The number of carbonyl (C=O) groups is 1. The van der Waals surface area contributed by atoms with Crippen LogP contribution in [-0.2, 0) is 19.2 Å². The monoisotopic (exact) mass is 554 g/mol. The predicted molar refractivity (Wildman–Crippen MR) is 132 cm³/mol. The minimum Gasteiger partial charge on any atom is -0.494 e. The van der Waals surface area contributed by atoms with Gasteiger partial charge >= 0.3 is 6.03 Å². The molecule has 0 unspecified atom stereocenters. The zero-order valence-electron chi connectivity index (χ0n) is 17.6. The number of halogens is 1. The molecule has 0 fully saturated rings. The molecule has 182 valence electrons. The molecular formula is C20H15ClN4O7S3. The zero-order valence-corrected chi connectivity index (χ0v) is 20.8. The van der Waals surface area contributed by atoms with E-state index in [1.54, 1.807) is 18.2 Å². The fourth-order valence-corrected chi connectivity index (χ4v) is 5.81. The molecule has 0 aliphatic rings. The molecule has 4 aromatic rings. The maximum Gasteiger partial charge on any atom is 0.333 e. The van der Waals surface area contributed by atoms with Gasteiger partial charge in [0.1, 0.15) is 10.0 Å². The predicted octanol–water partition coefficient (Wildman–Crippen LogP) is 3.90. The molecule has 0 saturated carbocycles. The van der Waals surface area contributed by atoms with Crippen molar-refractivity contribution in [3.8, 4) is 11.7 Å². The van der Waals surface area contributed by atoms with E-state index in [0.717, 1.165) is 27.9 Å². The number of amides is 2. The van der Waals surface area contributed by atoms with Gasteiger partial charge in [-0.25, -0.2) is 32.4 Å². The highest BCUT2D eigenvalue weighted by atomic mass is 35.5. The summed E-state index contributed by atoms with van der Waals surface area (Å²) in [6, 6.07) is 10.7. The topological polar surface area (TPSA) is 149 Å². The number of nitrogens with zero attached hydrogens (tertiary/aromatic N) is 2. The van der Waals surface area contributed by atoms with Crippen molar-refractivity contribution in [2.75, 3.05) is 12.4 Å². The number of carbonyl (C=O) groups excluding carboxylic acids is 1. The molecule has 0 atom stereocenters. The summed E-state index contributed by atoms with van der Waals surface area (Å²) in [6.07, 6.45) is 1.21. The summed E-state index contributed by atoms with van der Waals surface area (Å²) in [5.41, 5.74) is -0.385. The molecule has 15 heteroatoms. The molecule has 0 aliphatic carbocycles. The van der Waals surface area contributed by atoms with Crippen LogP contribution in [0.15, 0.2) is 68.6 Å². The molecule has 4 rings (SSSR count). The molecule has 35 heavy (non-hydrogen) atoms. The van der Waals surface area contributed by atoms with Gasteiger partial charge in [0.2, 0.25) is 5.88 Å². The highest BCUT2D eigenvalue weighted by molar-refractivity contribution is 7.94. The molecule has 3 heterocycles. The van der Waals surface area contributed by atoms with Crippen LogP contribution in [-0.4, -0.2) is 36.2 Å². The van der Waals surface area contributed by atoms with Crippen molar-refractivity contribution in [2.45, 2.75) is 9.10 Å². The number of nitrogens with one attached hydrogen (secondary N) is 2. The summed E-state index contributed by atoms with van der Waals surface area (Å²) in [5.74, 6) is -0.272. The molecule has 3 N–H and O–H groups in total. The molecule has 2 amide bonds. The maximum atomic E-state index is 12.6. The Bertz CT molecular complexity index is 1570. The first-order chi connectivity index (χ1) is 16.7. The van der Waals surface area contributed by atoms with Crippen LogP contribution in [0.5, 0.6) is 5.88 Å². The lowest BCUT2D eigenvalue weighted by molar-refractivity contribution is -0.160. The molecule has 0 radical (unpaired) electrons. The highest BCUT2D eigenvalue weighted by Gasteiger charge is 2.20. The molecule has 3 aromatic heterocycles. The second-order valence-corrected chi connectivity index (χ2v) is 11.1. The van der Waals surface area contributed by atoms with Gasteiger partial charge in [0.15, 0.2) is 0 Å². The smallest absolute Gasteiger partial charge is 0.333 e. The molecule has 11 nitrogen and oxygen atoms in total. The number of thiophene rings is 1. The number of anilines is 1. The van der Waals surface area contributed by atoms with Crippen molar-refractivity contribution in [3.63, 3.8) is 0 Å². The van der Waals surface area contributed by atoms with Crippen LogP contribution in [0, 0.1) is 0 Å². The summed E-state index contributed by atoms with van der Waals surface area (Å²) in [7, 11) is -2.74. The van der Waals surface area contributed by atoms with E-state index in [9.17, 15) is 23.1 Å². The van der Waals surface area contributed by atoms with Crippen LogP contribution in [0.2, 0.25) is 4.34 Å². The summed E-state index contributed by atoms with van der Waals surface area (Å²) in [4.78, 5) is 34.1. The molecule has 0 bridgehead atoms. The van der Waals surface area contributed by atoms with E-state index in [4.69, 9.17) is 15.9 Å². The van der Waals surface area contributed by atoms with E-state index in [2.05, 4.69) is 15.2 Å². The van der Waals surface area contributed by atoms with E-state index in [1.807, 2.05) is 4.72 Å². The number of aromatic hydroxyl groups is 1. The van der Waals surface area contributed by atoms with Gasteiger partial charge in [0.25, 0.3) is 15.6 Å². The summed E-state index contributed by atoms with van der Waals surface area (Å²) in [6.45, 7) is 0. The van der Waals surface area contributed by atoms with Crippen LogP contribution >= 0.6 is 35.0 Å². The lowest BCUT2D eigenvalue weighted by Crippen LogP contribution is -2.34. The summed E-state index contributed by atoms with van der Waals surface area (Å²) >= 11 is 7.48. The van der Waals surface area contributed by atoms with Gasteiger partial charge in [-0.05, 0) is 41.8 Å². The first-order valence-electron chi connectivity index (χ1n) is 9.49. The van der Waals surface area contributed by atoms with Crippen LogP contribution in [0.3, 0.4) is 0 Å². The molecule has 0 aliphatic heterocycles. The average Bonchev–Trinajstić information content (AvgIpc) is 3.26. The highest BCUT2D eigenvalue weighted by Crippen LogP contribution is 2.30. The molecular weight excluding hydrogens is 540 g/mol. The number of pyridine rings is 2. The second-order valence-electron chi connectivity index (χ2n) is 6.73. The van der Waals surface area contributed by atoms with Crippen molar-refractivity contribution in [1.82, 2.24) is 14.3 Å². The Kier molecular flexibility index (Phi) is 7.30. The number of sulfonamides is 1. The van der Waals surface area contributed by atoms with Crippen LogP contribution in [0.4, 0.5) is 10.5 Å². The van der Waals surface area contributed by atoms with E-state index in [-0.39, 0.29) is 25.9 Å². The molecule has 0 saturated heterocycles.